The van der Waals surface area contributed by atoms with E-state index >= 15 is 0 Å². The second-order valence-electron chi connectivity index (χ2n) is 2.31. The third-order valence-electron chi connectivity index (χ3n) is 1.38. The van der Waals surface area contributed by atoms with Gasteiger partial charge in [0.2, 0.25) is 0 Å². The molecule has 0 radical (unpaired) electrons. The number of aliphatic hydroxyl groups excluding tert-OH is 1. The molecule has 0 spiro atoms. The molecule has 1 aliphatic rings. The van der Waals surface area contributed by atoms with Crippen LogP contribution in [0.1, 0.15) is 13.8 Å². The van der Waals surface area contributed by atoms with E-state index in [1.54, 1.807) is 6.92 Å². The Morgan fingerprint density at radius 2 is 2.10 bits per heavy atom. The van der Waals surface area contributed by atoms with Crippen molar-refractivity contribution in [3.05, 3.63) is 0 Å². The number of aliphatic hydroxyl groups is 1. The molecule has 1 N–H and O–H groups in total. The predicted octanol–water partition coefficient (Wildman–Crippen LogP) is -0.345. The zero-order chi connectivity index (χ0) is 7.72. The van der Waals surface area contributed by atoms with Crippen molar-refractivity contribution >= 4 is 5.97 Å². The van der Waals surface area contributed by atoms with Gasteiger partial charge in [0, 0.05) is 0 Å². The van der Waals surface area contributed by atoms with Crippen LogP contribution in [0.2, 0.25) is 0 Å². The minimum atomic E-state index is -0.979. The van der Waals surface area contributed by atoms with E-state index in [1.165, 1.54) is 6.92 Å². The Balaban J connectivity index is 2.54. The van der Waals surface area contributed by atoms with Gasteiger partial charge in [0.25, 0.3) is 0 Å². The summed E-state index contributed by atoms with van der Waals surface area (Å²) in [5.41, 5.74) is 0. The van der Waals surface area contributed by atoms with E-state index in [9.17, 15) is 4.79 Å². The van der Waals surface area contributed by atoms with Crippen LogP contribution in [0.25, 0.3) is 0 Å². The van der Waals surface area contributed by atoms with Gasteiger partial charge in [0.1, 0.15) is 6.10 Å². The van der Waals surface area contributed by atoms with Gasteiger partial charge in [-0.15, -0.1) is 0 Å². The Labute approximate surface area is 58.7 Å². The monoisotopic (exact) mass is 146 g/mol. The van der Waals surface area contributed by atoms with Gasteiger partial charge >= 0.3 is 5.97 Å². The largest absolute Gasteiger partial charge is 0.455 e. The molecular weight excluding hydrogens is 136 g/mol. The lowest BCUT2D eigenvalue weighted by molar-refractivity contribution is -0.239. The van der Waals surface area contributed by atoms with Crippen LogP contribution in [0.15, 0.2) is 0 Å². The fourth-order valence-electron chi connectivity index (χ4n) is 0.713. The normalized spacial score (nSPS) is 41.1. The average Bonchev–Trinajstić information content (AvgIpc) is 1.84. The van der Waals surface area contributed by atoms with Gasteiger partial charge < -0.3 is 14.6 Å². The molecular formula is C6H10O4. The SMILES string of the molecule is CC1OC(O)C(C)OC1=O. The smallest absolute Gasteiger partial charge is 0.335 e. The quantitative estimate of drug-likeness (QED) is 0.475. The Bertz CT molecular complexity index is 145. The molecule has 3 unspecified atom stereocenters. The number of ether oxygens (including phenoxy) is 2. The lowest BCUT2D eigenvalue weighted by Crippen LogP contribution is -2.43. The van der Waals surface area contributed by atoms with E-state index in [-0.39, 0.29) is 0 Å². The summed E-state index contributed by atoms with van der Waals surface area (Å²) < 4.78 is 9.49. The van der Waals surface area contributed by atoms with Gasteiger partial charge in [-0.3, -0.25) is 0 Å². The number of hydrogen-bond donors (Lipinski definition) is 1. The molecule has 10 heavy (non-hydrogen) atoms. The lowest BCUT2D eigenvalue weighted by atomic mass is 10.3. The van der Waals surface area contributed by atoms with Gasteiger partial charge in [-0.2, -0.15) is 0 Å². The van der Waals surface area contributed by atoms with E-state index < -0.39 is 24.5 Å². The summed E-state index contributed by atoms with van der Waals surface area (Å²) in [5.74, 6) is -0.419. The van der Waals surface area contributed by atoms with Crippen LogP contribution in [0, 0.1) is 0 Å². The van der Waals surface area contributed by atoms with Crippen LogP contribution in [-0.2, 0) is 14.3 Å². The van der Waals surface area contributed by atoms with Crippen molar-refractivity contribution in [3.63, 3.8) is 0 Å². The number of carbonyl (C=O) groups is 1. The molecule has 4 nitrogen and oxygen atoms in total. The molecule has 0 bridgehead atoms. The summed E-state index contributed by atoms with van der Waals surface area (Å²) in [6.07, 6.45) is -2.18. The van der Waals surface area contributed by atoms with E-state index in [0.717, 1.165) is 0 Å². The van der Waals surface area contributed by atoms with Crippen LogP contribution >= 0.6 is 0 Å². The third-order valence-corrected chi connectivity index (χ3v) is 1.38. The summed E-state index contributed by atoms with van der Waals surface area (Å²) in [4.78, 5) is 10.7. The third kappa shape index (κ3) is 1.27. The minimum absolute atomic E-state index is 0.419. The van der Waals surface area contributed by atoms with Crippen LogP contribution in [-0.4, -0.2) is 29.6 Å². The Morgan fingerprint density at radius 3 is 2.60 bits per heavy atom. The van der Waals surface area contributed by atoms with E-state index in [4.69, 9.17) is 14.6 Å². The Kier molecular flexibility index (Phi) is 1.92. The highest BCUT2D eigenvalue weighted by atomic mass is 16.7. The summed E-state index contributed by atoms with van der Waals surface area (Å²) in [6.45, 7) is 3.12. The van der Waals surface area contributed by atoms with Gasteiger partial charge in [-0.05, 0) is 13.8 Å². The highest BCUT2D eigenvalue weighted by Crippen LogP contribution is 2.12. The molecule has 1 fully saturated rings. The number of hydrogen-bond acceptors (Lipinski definition) is 4. The molecule has 58 valence electrons. The van der Waals surface area contributed by atoms with Crippen LogP contribution in [0.5, 0.6) is 0 Å². The molecule has 3 atom stereocenters. The first-order chi connectivity index (χ1) is 4.61. The number of carbonyl (C=O) groups excluding carboxylic acids is 1. The molecule has 1 saturated heterocycles. The van der Waals surface area contributed by atoms with Crippen molar-refractivity contribution in [2.75, 3.05) is 0 Å². The summed E-state index contributed by atoms with van der Waals surface area (Å²) in [6, 6.07) is 0. The maximum absolute atomic E-state index is 10.7. The molecule has 0 aromatic heterocycles. The van der Waals surface area contributed by atoms with Crippen molar-refractivity contribution in [2.24, 2.45) is 0 Å². The molecule has 0 saturated carbocycles. The van der Waals surface area contributed by atoms with Crippen molar-refractivity contribution < 1.29 is 19.4 Å². The zero-order valence-corrected chi connectivity index (χ0v) is 5.90. The minimum Gasteiger partial charge on any atom is -0.455 e. The lowest BCUT2D eigenvalue weighted by Gasteiger charge is -2.28. The van der Waals surface area contributed by atoms with Crippen molar-refractivity contribution in [1.82, 2.24) is 0 Å². The average molecular weight is 146 g/mol. The first-order valence-electron chi connectivity index (χ1n) is 3.15. The Hall–Kier alpha value is -0.610. The molecule has 0 aliphatic carbocycles. The van der Waals surface area contributed by atoms with Crippen LogP contribution in [0.3, 0.4) is 0 Å². The molecule has 4 heteroatoms. The van der Waals surface area contributed by atoms with Crippen molar-refractivity contribution in [1.29, 1.82) is 0 Å². The van der Waals surface area contributed by atoms with Crippen molar-refractivity contribution in [3.8, 4) is 0 Å². The summed E-state index contributed by atoms with van der Waals surface area (Å²) >= 11 is 0. The fraction of sp³-hybridized carbons (Fsp3) is 0.833. The molecule has 0 aromatic rings. The summed E-state index contributed by atoms with van der Waals surface area (Å²) in [7, 11) is 0. The van der Waals surface area contributed by atoms with E-state index in [1.807, 2.05) is 0 Å². The number of esters is 1. The van der Waals surface area contributed by atoms with Crippen molar-refractivity contribution in [2.45, 2.75) is 32.3 Å². The first kappa shape index (κ1) is 7.50. The second-order valence-corrected chi connectivity index (χ2v) is 2.31. The molecule has 0 amide bonds. The van der Waals surface area contributed by atoms with E-state index in [2.05, 4.69) is 0 Å². The Morgan fingerprint density at radius 1 is 1.50 bits per heavy atom. The highest BCUT2D eigenvalue weighted by Gasteiger charge is 2.31. The maximum Gasteiger partial charge on any atom is 0.335 e. The van der Waals surface area contributed by atoms with Gasteiger partial charge in [-0.25, -0.2) is 4.79 Å². The topological polar surface area (TPSA) is 55.8 Å². The van der Waals surface area contributed by atoms with Gasteiger partial charge in [-0.1, -0.05) is 0 Å². The van der Waals surface area contributed by atoms with E-state index in [0.29, 0.717) is 0 Å². The van der Waals surface area contributed by atoms with Crippen LogP contribution in [0.4, 0.5) is 0 Å². The van der Waals surface area contributed by atoms with Gasteiger partial charge in [0.05, 0.1) is 0 Å². The predicted molar refractivity (Wildman–Crippen MR) is 32.1 cm³/mol. The van der Waals surface area contributed by atoms with Gasteiger partial charge in [0.15, 0.2) is 12.4 Å². The standard InChI is InChI=1S/C6H10O4/c1-3-5(7)10-4(2)6(8)9-3/h3-5,7H,1-2H3. The first-order valence-corrected chi connectivity index (χ1v) is 3.15. The van der Waals surface area contributed by atoms with Crippen LogP contribution < -0.4 is 0 Å². The fourth-order valence-corrected chi connectivity index (χ4v) is 0.713. The second kappa shape index (κ2) is 2.56. The molecule has 0 aromatic carbocycles. The molecule has 1 aliphatic heterocycles. The molecule has 1 heterocycles. The number of rotatable bonds is 0. The molecule has 1 rings (SSSR count). The zero-order valence-electron chi connectivity index (χ0n) is 5.90. The highest BCUT2D eigenvalue weighted by molar-refractivity contribution is 5.74. The number of cyclic esters (lactones) is 1. The summed E-state index contributed by atoms with van der Waals surface area (Å²) in [5, 5.41) is 8.97. The maximum atomic E-state index is 10.7.